The largest absolute Gasteiger partial charge is 0.505 e. The van der Waals surface area contributed by atoms with Crippen molar-refractivity contribution in [3.8, 4) is 5.75 Å². The summed E-state index contributed by atoms with van der Waals surface area (Å²) in [4.78, 5) is 6.66. The molecule has 1 aliphatic carbocycles. The minimum absolute atomic E-state index is 0.148. The number of nitrogens with zero attached hydrogens (tertiary/aromatic N) is 2. The molecule has 2 fully saturated rings. The van der Waals surface area contributed by atoms with Gasteiger partial charge >= 0.3 is 0 Å². The molecule has 0 radical (unpaired) electrons. The van der Waals surface area contributed by atoms with Crippen LogP contribution in [0.1, 0.15) is 24.8 Å². The number of aliphatic imine (C=N–C) groups is 1. The van der Waals surface area contributed by atoms with Crippen molar-refractivity contribution in [3.05, 3.63) is 41.9 Å². The zero-order valence-electron chi connectivity index (χ0n) is 14.4. The number of ether oxygens (including phenoxy) is 1. The minimum Gasteiger partial charge on any atom is -0.505 e. The van der Waals surface area contributed by atoms with Gasteiger partial charge in [0.05, 0.1) is 12.2 Å². The summed E-state index contributed by atoms with van der Waals surface area (Å²) in [7, 11) is 0. The van der Waals surface area contributed by atoms with Crippen LogP contribution in [0, 0.1) is 17.7 Å². The number of likely N-dealkylation sites (tertiary alicyclic amines) is 1. The van der Waals surface area contributed by atoms with Crippen molar-refractivity contribution < 1.29 is 14.2 Å². The molecule has 0 bridgehead atoms. The molecule has 25 heavy (non-hydrogen) atoms. The number of rotatable bonds is 5. The summed E-state index contributed by atoms with van der Waals surface area (Å²) in [6.45, 7) is 3.18. The Hall–Kier alpha value is -1.72. The first kappa shape index (κ1) is 16.7. The van der Waals surface area contributed by atoms with E-state index < -0.39 is 5.82 Å². The number of hydrogen-bond donors (Lipinski definition) is 1. The Bertz CT molecular complexity index is 662. The second-order valence-electron chi connectivity index (χ2n) is 7.50. The average molecular weight is 344 g/mol. The first-order valence-electron chi connectivity index (χ1n) is 9.21. The maximum Gasteiger partial charge on any atom is 0.165 e. The van der Waals surface area contributed by atoms with Crippen molar-refractivity contribution >= 4 is 6.21 Å². The highest BCUT2D eigenvalue weighted by molar-refractivity contribution is 5.65. The summed E-state index contributed by atoms with van der Waals surface area (Å²) in [5.74, 6) is 0.635. The van der Waals surface area contributed by atoms with Gasteiger partial charge in [-0.2, -0.15) is 0 Å². The first-order chi connectivity index (χ1) is 12.2. The van der Waals surface area contributed by atoms with Gasteiger partial charge in [0.1, 0.15) is 0 Å². The summed E-state index contributed by atoms with van der Waals surface area (Å²) < 4.78 is 19.6. The normalized spacial score (nSPS) is 31.6. The molecule has 0 spiro atoms. The zero-order chi connectivity index (χ0) is 17.2. The van der Waals surface area contributed by atoms with Crippen molar-refractivity contribution in [1.82, 2.24) is 4.90 Å². The number of fused-ring (bicyclic) bond motifs is 1. The van der Waals surface area contributed by atoms with Crippen molar-refractivity contribution in [1.29, 1.82) is 0 Å². The van der Waals surface area contributed by atoms with Crippen LogP contribution >= 0.6 is 0 Å². The monoisotopic (exact) mass is 344 g/mol. The standard InChI is InChI=1S/C20H25FN2O2/c21-19-8-14(3-4-20(19)24)5-7-23-12-15-9-18(10-16(15)13-23)25-17-2-1-6-22-11-17/h1,3-4,6,8,11,15-18,24H,2,5,7,9-10,12-13H2/t15-,16+,17?,18?. The van der Waals surface area contributed by atoms with Gasteiger partial charge in [-0.1, -0.05) is 12.1 Å². The summed E-state index contributed by atoms with van der Waals surface area (Å²) in [6, 6.07) is 4.69. The quantitative estimate of drug-likeness (QED) is 0.892. The summed E-state index contributed by atoms with van der Waals surface area (Å²) in [6.07, 6.45) is 10.4. The van der Waals surface area contributed by atoms with Gasteiger partial charge < -0.3 is 14.7 Å². The Morgan fingerprint density at radius 1 is 1.24 bits per heavy atom. The fourth-order valence-corrected chi connectivity index (χ4v) is 4.43. The van der Waals surface area contributed by atoms with Crippen LogP contribution in [0.2, 0.25) is 0 Å². The molecule has 1 aromatic rings. The van der Waals surface area contributed by atoms with Gasteiger partial charge in [-0.15, -0.1) is 0 Å². The molecule has 1 aromatic carbocycles. The molecule has 3 aliphatic rings. The van der Waals surface area contributed by atoms with Crippen LogP contribution in [0.5, 0.6) is 5.75 Å². The molecular formula is C20H25FN2O2. The van der Waals surface area contributed by atoms with E-state index in [2.05, 4.69) is 16.0 Å². The van der Waals surface area contributed by atoms with Gasteiger partial charge in [-0.25, -0.2) is 4.39 Å². The van der Waals surface area contributed by atoms with E-state index in [1.807, 2.05) is 12.4 Å². The topological polar surface area (TPSA) is 45.1 Å². The van der Waals surface area contributed by atoms with E-state index >= 15 is 0 Å². The van der Waals surface area contributed by atoms with Crippen molar-refractivity contribution in [2.24, 2.45) is 16.8 Å². The van der Waals surface area contributed by atoms with E-state index in [1.165, 1.54) is 12.1 Å². The van der Waals surface area contributed by atoms with Crippen LogP contribution in [-0.2, 0) is 11.2 Å². The lowest BCUT2D eigenvalue weighted by Crippen LogP contribution is -2.27. The Morgan fingerprint density at radius 3 is 2.72 bits per heavy atom. The minimum atomic E-state index is -0.531. The van der Waals surface area contributed by atoms with E-state index in [9.17, 15) is 9.50 Å². The maximum absolute atomic E-state index is 13.4. The van der Waals surface area contributed by atoms with Gasteiger partial charge in [-0.3, -0.25) is 4.99 Å². The van der Waals surface area contributed by atoms with Gasteiger partial charge in [-0.05, 0) is 55.2 Å². The molecule has 1 N–H and O–H groups in total. The second-order valence-corrected chi connectivity index (χ2v) is 7.50. The number of benzene rings is 1. The highest BCUT2D eigenvalue weighted by Gasteiger charge is 2.41. The lowest BCUT2D eigenvalue weighted by atomic mass is 10.0. The molecule has 1 saturated heterocycles. The van der Waals surface area contributed by atoms with E-state index in [1.54, 1.807) is 6.07 Å². The fraction of sp³-hybridized carbons (Fsp3) is 0.550. The molecule has 4 rings (SSSR count). The average Bonchev–Trinajstić information content (AvgIpc) is 3.15. The third kappa shape index (κ3) is 3.93. The fourth-order valence-electron chi connectivity index (χ4n) is 4.43. The van der Waals surface area contributed by atoms with E-state index in [-0.39, 0.29) is 11.9 Å². The molecule has 0 aromatic heterocycles. The lowest BCUT2D eigenvalue weighted by Gasteiger charge is -2.22. The zero-order valence-corrected chi connectivity index (χ0v) is 14.4. The highest BCUT2D eigenvalue weighted by atomic mass is 19.1. The van der Waals surface area contributed by atoms with Gasteiger partial charge in [0, 0.05) is 32.0 Å². The Morgan fingerprint density at radius 2 is 2.04 bits per heavy atom. The van der Waals surface area contributed by atoms with Crippen molar-refractivity contribution in [2.75, 3.05) is 19.6 Å². The summed E-state index contributed by atoms with van der Waals surface area (Å²) >= 11 is 0. The van der Waals surface area contributed by atoms with Crippen molar-refractivity contribution in [2.45, 2.75) is 37.9 Å². The predicted octanol–water partition coefficient (Wildman–Crippen LogP) is 3.16. The molecule has 2 unspecified atom stereocenters. The Balaban J connectivity index is 1.23. The van der Waals surface area contributed by atoms with Crippen LogP contribution in [-0.4, -0.2) is 48.1 Å². The molecule has 4 nitrogen and oxygen atoms in total. The van der Waals surface area contributed by atoms with Gasteiger partial charge in [0.2, 0.25) is 0 Å². The molecule has 0 amide bonds. The van der Waals surface area contributed by atoms with Gasteiger partial charge in [0.15, 0.2) is 11.6 Å². The predicted molar refractivity (Wildman–Crippen MR) is 95.3 cm³/mol. The SMILES string of the molecule is Oc1ccc(CCN2C[C@H]3CC(OC4C=NC=CC4)C[C@H]3C2)cc1F. The first-order valence-corrected chi connectivity index (χ1v) is 9.21. The lowest BCUT2D eigenvalue weighted by molar-refractivity contribution is 0.0244. The number of phenols is 1. The number of phenolic OH excluding ortho intramolecular Hbond substituents is 1. The number of halogens is 1. The number of aromatic hydroxyl groups is 1. The molecule has 1 saturated carbocycles. The smallest absolute Gasteiger partial charge is 0.165 e. The molecule has 134 valence electrons. The molecule has 4 atom stereocenters. The third-order valence-corrected chi connectivity index (χ3v) is 5.69. The van der Waals surface area contributed by atoms with Gasteiger partial charge in [0.25, 0.3) is 0 Å². The second kappa shape index (κ2) is 7.26. The Kier molecular flexibility index (Phi) is 4.86. The summed E-state index contributed by atoms with van der Waals surface area (Å²) in [5, 5.41) is 9.27. The maximum atomic E-state index is 13.4. The van der Waals surface area contributed by atoms with E-state index in [4.69, 9.17) is 4.74 Å². The summed E-state index contributed by atoms with van der Waals surface area (Å²) in [5.41, 5.74) is 0.943. The molecule has 2 aliphatic heterocycles. The van der Waals surface area contributed by atoms with Crippen LogP contribution in [0.25, 0.3) is 0 Å². The van der Waals surface area contributed by atoms with E-state index in [0.717, 1.165) is 62.7 Å². The van der Waals surface area contributed by atoms with Crippen LogP contribution in [0.15, 0.2) is 35.5 Å². The van der Waals surface area contributed by atoms with Crippen molar-refractivity contribution in [3.63, 3.8) is 0 Å². The third-order valence-electron chi connectivity index (χ3n) is 5.69. The molecule has 2 heterocycles. The molecular weight excluding hydrogens is 319 g/mol. The Labute approximate surface area is 148 Å². The number of hydrogen-bond acceptors (Lipinski definition) is 4. The van der Waals surface area contributed by atoms with E-state index in [0.29, 0.717) is 6.10 Å². The highest BCUT2D eigenvalue weighted by Crippen LogP contribution is 2.40. The van der Waals surface area contributed by atoms with Crippen LogP contribution < -0.4 is 0 Å². The molecule has 5 heteroatoms. The van der Waals surface area contributed by atoms with Crippen LogP contribution in [0.4, 0.5) is 4.39 Å². The van der Waals surface area contributed by atoms with Crippen LogP contribution in [0.3, 0.4) is 0 Å².